The lowest BCUT2D eigenvalue weighted by Gasteiger charge is -2.03. The molecular formula is C18H18N2O2S2. The van der Waals surface area contributed by atoms with E-state index in [1.165, 1.54) is 11.8 Å². The Hall–Kier alpha value is -2.18. The van der Waals surface area contributed by atoms with Gasteiger partial charge in [0.15, 0.2) is 15.0 Å². The van der Waals surface area contributed by atoms with Crippen LogP contribution in [0.3, 0.4) is 0 Å². The summed E-state index contributed by atoms with van der Waals surface area (Å²) in [4.78, 5) is 4.88. The second-order valence-corrected chi connectivity index (χ2v) is 8.37. The summed E-state index contributed by atoms with van der Waals surface area (Å²) >= 11 is 1.55. The molecule has 0 aliphatic carbocycles. The summed E-state index contributed by atoms with van der Waals surface area (Å²) in [6, 6.07) is 17.1. The monoisotopic (exact) mass is 358 g/mol. The van der Waals surface area contributed by atoms with Crippen LogP contribution in [-0.2, 0) is 16.3 Å². The van der Waals surface area contributed by atoms with Crippen molar-refractivity contribution >= 4 is 26.3 Å². The minimum Gasteiger partial charge on any atom is -0.361 e. The highest BCUT2D eigenvalue weighted by molar-refractivity contribution is 7.90. The van der Waals surface area contributed by atoms with E-state index < -0.39 is 9.84 Å². The molecule has 0 saturated heterocycles. The van der Waals surface area contributed by atoms with Crippen molar-refractivity contribution in [2.24, 2.45) is 0 Å². The standard InChI is InChI=1S/C18H18N2O2S2/c1-24(21,22)16-9-7-15(8-10-16)17-13-23-18(20-17)19-12-11-14-5-3-2-4-6-14/h2-10,13H,11-12H2,1H3,(H,19,20). The van der Waals surface area contributed by atoms with Crippen molar-refractivity contribution in [3.63, 3.8) is 0 Å². The van der Waals surface area contributed by atoms with Crippen molar-refractivity contribution in [1.29, 1.82) is 0 Å². The molecule has 6 heteroatoms. The van der Waals surface area contributed by atoms with E-state index in [-0.39, 0.29) is 0 Å². The number of nitrogens with one attached hydrogen (secondary N) is 1. The largest absolute Gasteiger partial charge is 0.361 e. The Kier molecular flexibility index (Phi) is 4.97. The van der Waals surface area contributed by atoms with E-state index >= 15 is 0 Å². The zero-order valence-corrected chi connectivity index (χ0v) is 14.9. The predicted molar refractivity (Wildman–Crippen MR) is 99.3 cm³/mol. The van der Waals surface area contributed by atoms with Gasteiger partial charge in [0.2, 0.25) is 0 Å². The van der Waals surface area contributed by atoms with Gasteiger partial charge < -0.3 is 5.32 Å². The second kappa shape index (κ2) is 7.15. The molecular weight excluding hydrogens is 340 g/mol. The van der Waals surface area contributed by atoms with Gasteiger partial charge in [-0.2, -0.15) is 0 Å². The van der Waals surface area contributed by atoms with Crippen LogP contribution < -0.4 is 5.32 Å². The molecule has 24 heavy (non-hydrogen) atoms. The molecule has 0 bridgehead atoms. The average molecular weight is 358 g/mol. The Morgan fingerprint density at radius 2 is 1.75 bits per heavy atom. The third-order valence-corrected chi connectivity index (χ3v) is 5.54. The van der Waals surface area contributed by atoms with Gasteiger partial charge in [0, 0.05) is 23.7 Å². The first-order valence-electron chi connectivity index (χ1n) is 7.56. The first kappa shape index (κ1) is 16.7. The SMILES string of the molecule is CS(=O)(=O)c1ccc(-c2csc(NCCc3ccccc3)n2)cc1. The molecule has 0 spiro atoms. The lowest BCUT2D eigenvalue weighted by molar-refractivity contribution is 0.602. The summed E-state index contributed by atoms with van der Waals surface area (Å²) in [5.41, 5.74) is 3.05. The normalized spacial score (nSPS) is 11.4. The number of nitrogens with zero attached hydrogens (tertiary/aromatic N) is 1. The maximum absolute atomic E-state index is 11.5. The average Bonchev–Trinajstić information content (AvgIpc) is 3.04. The molecule has 0 amide bonds. The molecule has 1 heterocycles. The van der Waals surface area contributed by atoms with Crippen LogP contribution in [-0.4, -0.2) is 26.2 Å². The smallest absolute Gasteiger partial charge is 0.183 e. The fraction of sp³-hybridized carbons (Fsp3) is 0.167. The van der Waals surface area contributed by atoms with E-state index in [1.54, 1.807) is 35.6 Å². The molecule has 2 aromatic carbocycles. The van der Waals surface area contributed by atoms with Crippen LogP contribution in [0.15, 0.2) is 64.9 Å². The van der Waals surface area contributed by atoms with E-state index in [0.717, 1.165) is 29.4 Å². The fourth-order valence-corrected chi connectivity index (χ4v) is 3.70. The number of rotatable bonds is 6. The summed E-state index contributed by atoms with van der Waals surface area (Å²) in [6.45, 7) is 0.823. The number of benzene rings is 2. The van der Waals surface area contributed by atoms with Crippen LogP contribution in [0.25, 0.3) is 11.3 Å². The van der Waals surface area contributed by atoms with Gasteiger partial charge in [0.1, 0.15) is 0 Å². The highest BCUT2D eigenvalue weighted by Crippen LogP contribution is 2.25. The molecule has 3 rings (SSSR count). The van der Waals surface area contributed by atoms with Gasteiger partial charge >= 0.3 is 0 Å². The first-order valence-corrected chi connectivity index (χ1v) is 10.3. The minimum absolute atomic E-state index is 0.322. The Morgan fingerprint density at radius 1 is 1.04 bits per heavy atom. The Labute approximate surface area is 146 Å². The number of hydrogen-bond acceptors (Lipinski definition) is 5. The molecule has 0 aliphatic rings. The Bertz CT molecular complexity index is 902. The molecule has 0 atom stereocenters. The zero-order valence-electron chi connectivity index (χ0n) is 13.3. The lowest BCUT2D eigenvalue weighted by Crippen LogP contribution is -2.04. The molecule has 1 aromatic heterocycles. The van der Waals surface area contributed by atoms with E-state index in [9.17, 15) is 8.42 Å². The van der Waals surface area contributed by atoms with Crippen molar-refractivity contribution < 1.29 is 8.42 Å². The van der Waals surface area contributed by atoms with Crippen LogP contribution in [0, 0.1) is 0 Å². The molecule has 1 N–H and O–H groups in total. The molecule has 0 aliphatic heterocycles. The van der Waals surface area contributed by atoms with Crippen molar-refractivity contribution in [1.82, 2.24) is 4.98 Å². The second-order valence-electron chi connectivity index (χ2n) is 5.50. The van der Waals surface area contributed by atoms with Gasteiger partial charge in [-0.15, -0.1) is 11.3 Å². The zero-order chi connectivity index (χ0) is 17.0. The highest BCUT2D eigenvalue weighted by Gasteiger charge is 2.08. The van der Waals surface area contributed by atoms with E-state index in [2.05, 4.69) is 22.4 Å². The van der Waals surface area contributed by atoms with Gasteiger partial charge in [0.25, 0.3) is 0 Å². The van der Waals surface area contributed by atoms with Gasteiger partial charge in [-0.3, -0.25) is 0 Å². The summed E-state index contributed by atoms with van der Waals surface area (Å²) in [5.74, 6) is 0. The number of hydrogen-bond donors (Lipinski definition) is 1. The van der Waals surface area contributed by atoms with E-state index in [0.29, 0.717) is 4.90 Å². The van der Waals surface area contributed by atoms with Crippen LogP contribution in [0.2, 0.25) is 0 Å². The Balaban J connectivity index is 1.63. The number of thiazole rings is 1. The van der Waals surface area contributed by atoms with Crippen LogP contribution in [0.5, 0.6) is 0 Å². The highest BCUT2D eigenvalue weighted by atomic mass is 32.2. The molecule has 0 radical (unpaired) electrons. The third-order valence-electron chi connectivity index (χ3n) is 3.62. The van der Waals surface area contributed by atoms with Crippen LogP contribution >= 0.6 is 11.3 Å². The molecule has 0 unspecified atom stereocenters. The summed E-state index contributed by atoms with van der Waals surface area (Å²) in [5, 5.41) is 6.17. The number of anilines is 1. The lowest BCUT2D eigenvalue weighted by atomic mass is 10.1. The van der Waals surface area contributed by atoms with E-state index in [4.69, 9.17) is 0 Å². The van der Waals surface area contributed by atoms with Crippen molar-refractivity contribution in [3.05, 3.63) is 65.5 Å². The van der Waals surface area contributed by atoms with Crippen molar-refractivity contribution in [2.45, 2.75) is 11.3 Å². The van der Waals surface area contributed by atoms with Crippen molar-refractivity contribution in [2.75, 3.05) is 18.1 Å². The van der Waals surface area contributed by atoms with Crippen molar-refractivity contribution in [3.8, 4) is 11.3 Å². The minimum atomic E-state index is -3.17. The van der Waals surface area contributed by atoms with Crippen LogP contribution in [0.1, 0.15) is 5.56 Å². The molecule has 4 nitrogen and oxygen atoms in total. The van der Waals surface area contributed by atoms with Crippen LogP contribution in [0.4, 0.5) is 5.13 Å². The van der Waals surface area contributed by atoms with Gasteiger partial charge in [-0.1, -0.05) is 42.5 Å². The topological polar surface area (TPSA) is 59.1 Å². The molecule has 3 aromatic rings. The summed E-state index contributed by atoms with van der Waals surface area (Å²) < 4.78 is 23.0. The maximum atomic E-state index is 11.5. The fourth-order valence-electron chi connectivity index (χ4n) is 2.32. The number of sulfone groups is 1. The van der Waals surface area contributed by atoms with E-state index in [1.807, 2.05) is 23.6 Å². The summed E-state index contributed by atoms with van der Waals surface area (Å²) in [6.07, 6.45) is 2.15. The molecule has 124 valence electrons. The first-order chi connectivity index (χ1) is 11.5. The van der Waals surface area contributed by atoms with Gasteiger partial charge in [-0.05, 0) is 24.1 Å². The predicted octanol–water partition coefficient (Wildman–Crippen LogP) is 3.87. The van der Waals surface area contributed by atoms with Gasteiger partial charge in [-0.25, -0.2) is 13.4 Å². The maximum Gasteiger partial charge on any atom is 0.183 e. The Morgan fingerprint density at radius 3 is 2.42 bits per heavy atom. The quantitative estimate of drug-likeness (QED) is 0.727. The number of aromatic nitrogens is 1. The van der Waals surface area contributed by atoms with Gasteiger partial charge in [0.05, 0.1) is 10.6 Å². The molecule has 0 saturated carbocycles. The molecule has 0 fully saturated rings. The summed E-state index contributed by atoms with van der Waals surface area (Å²) in [7, 11) is -3.17. The third kappa shape index (κ3) is 4.21.